The van der Waals surface area contributed by atoms with Gasteiger partial charge < -0.3 is 15.0 Å². The molecule has 1 aromatic heterocycles. The third-order valence-corrected chi connectivity index (χ3v) is 5.76. The molecule has 0 amide bonds. The van der Waals surface area contributed by atoms with E-state index in [0.717, 1.165) is 18.8 Å². The molecule has 1 unspecified atom stereocenters. The number of methoxy groups -OCH3 is 1. The molecule has 1 aliphatic heterocycles. The average molecular weight is 338 g/mol. The van der Waals surface area contributed by atoms with Crippen molar-refractivity contribution >= 4 is 22.7 Å². The summed E-state index contributed by atoms with van der Waals surface area (Å²) < 4.78 is 5.21. The van der Waals surface area contributed by atoms with Crippen molar-refractivity contribution in [3.05, 3.63) is 59.7 Å². The highest BCUT2D eigenvalue weighted by atomic mass is 32.2. The maximum absolute atomic E-state index is 5.21. The first-order valence-electron chi connectivity index (χ1n) is 8.42. The van der Waals surface area contributed by atoms with Gasteiger partial charge in [-0.2, -0.15) is 0 Å². The summed E-state index contributed by atoms with van der Waals surface area (Å²) in [6, 6.07) is 16.9. The Morgan fingerprint density at radius 2 is 2.00 bits per heavy atom. The van der Waals surface area contributed by atoms with Crippen molar-refractivity contribution in [2.45, 2.75) is 23.9 Å². The summed E-state index contributed by atoms with van der Waals surface area (Å²) in [5.74, 6) is 2.68. The summed E-state index contributed by atoms with van der Waals surface area (Å²) in [5.41, 5.74) is 4.06. The lowest BCUT2D eigenvalue weighted by Crippen LogP contribution is -2.23. The second-order valence-electron chi connectivity index (χ2n) is 6.23. The molecule has 2 N–H and O–H groups in total. The van der Waals surface area contributed by atoms with E-state index in [0.29, 0.717) is 5.92 Å². The number of H-pyrrole nitrogens is 1. The lowest BCUT2D eigenvalue weighted by molar-refractivity contribution is 0.414. The Hall–Kier alpha value is -1.91. The Morgan fingerprint density at radius 3 is 2.83 bits per heavy atom. The number of ether oxygens (including phenoxy) is 1. The van der Waals surface area contributed by atoms with Gasteiger partial charge in [-0.05, 0) is 35.7 Å². The number of rotatable bonds is 5. The summed E-state index contributed by atoms with van der Waals surface area (Å²) in [4.78, 5) is 3.59. The Balaban J connectivity index is 1.46. The van der Waals surface area contributed by atoms with Gasteiger partial charge in [-0.1, -0.05) is 30.3 Å². The highest BCUT2D eigenvalue weighted by Crippen LogP contribution is 2.41. The van der Waals surface area contributed by atoms with Crippen molar-refractivity contribution in [1.29, 1.82) is 0 Å². The molecule has 0 spiro atoms. The summed E-state index contributed by atoms with van der Waals surface area (Å²) in [5, 5.41) is 6.39. The normalized spacial score (nSPS) is 17.0. The number of thioether (sulfide) groups is 1. The molecule has 4 rings (SSSR count). The molecule has 124 valence electrons. The molecule has 0 bridgehead atoms. The van der Waals surface area contributed by atoms with Crippen molar-refractivity contribution in [2.24, 2.45) is 0 Å². The number of hydrogen-bond acceptors (Lipinski definition) is 3. The van der Waals surface area contributed by atoms with Crippen LogP contribution >= 0.6 is 11.8 Å². The van der Waals surface area contributed by atoms with E-state index >= 15 is 0 Å². The molecule has 4 heteroatoms. The zero-order valence-electron chi connectivity index (χ0n) is 13.8. The summed E-state index contributed by atoms with van der Waals surface area (Å²) >= 11 is 1.95. The number of aromatic nitrogens is 1. The molecular formula is C20H22N2OS. The van der Waals surface area contributed by atoms with Gasteiger partial charge in [0.05, 0.1) is 12.1 Å². The molecule has 0 aliphatic carbocycles. The van der Waals surface area contributed by atoms with Gasteiger partial charge in [-0.25, -0.2) is 0 Å². The highest BCUT2D eigenvalue weighted by Gasteiger charge is 2.24. The van der Waals surface area contributed by atoms with E-state index in [1.807, 2.05) is 23.9 Å². The smallest absolute Gasteiger partial charge is 0.118 e. The minimum absolute atomic E-state index is 0.579. The minimum Gasteiger partial charge on any atom is -0.497 e. The van der Waals surface area contributed by atoms with Crippen molar-refractivity contribution in [3.8, 4) is 5.75 Å². The monoisotopic (exact) mass is 338 g/mol. The first-order chi connectivity index (χ1) is 11.8. The summed E-state index contributed by atoms with van der Waals surface area (Å²) in [7, 11) is 1.70. The lowest BCUT2D eigenvalue weighted by atomic mass is 9.95. The minimum atomic E-state index is 0.579. The lowest BCUT2D eigenvalue weighted by Gasteiger charge is -2.23. The molecule has 0 radical (unpaired) electrons. The van der Waals surface area contributed by atoms with Gasteiger partial charge in [-0.15, -0.1) is 11.8 Å². The predicted octanol–water partition coefficient (Wildman–Crippen LogP) is 4.55. The molecule has 1 atom stereocenters. The molecule has 0 saturated heterocycles. The summed E-state index contributed by atoms with van der Waals surface area (Å²) in [6.45, 7) is 1.91. The predicted molar refractivity (Wildman–Crippen MR) is 101 cm³/mol. The van der Waals surface area contributed by atoms with Gasteiger partial charge in [0.15, 0.2) is 0 Å². The topological polar surface area (TPSA) is 37.0 Å². The number of hydrogen-bond donors (Lipinski definition) is 2. The van der Waals surface area contributed by atoms with Crippen LogP contribution in [-0.4, -0.2) is 24.4 Å². The van der Waals surface area contributed by atoms with Gasteiger partial charge in [0.1, 0.15) is 5.75 Å². The van der Waals surface area contributed by atoms with Crippen LogP contribution in [0.25, 0.3) is 10.9 Å². The molecule has 1 aliphatic rings. The van der Waals surface area contributed by atoms with Gasteiger partial charge in [0.25, 0.3) is 0 Å². The van der Waals surface area contributed by atoms with Crippen LogP contribution in [0, 0.1) is 0 Å². The van der Waals surface area contributed by atoms with Crippen LogP contribution in [0.4, 0.5) is 0 Å². The van der Waals surface area contributed by atoms with Gasteiger partial charge >= 0.3 is 0 Å². The van der Waals surface area contributed by atoms with Gasteiger partial charge in [0.2, 0.25) is 0 Å². The van der Waals surface area contributed by atoms with Crippen LogP contribution in [0.2, 0.25) is 0 Å². The van der Waals surface area contributed by atoms with E-state index in [1.54, 1.807) is 7.11 Å². The quantitative estimate of drug-likeness (QED) is 0.717. The number of aromatic amines is 1. The highest BCUT2D eigenvalue weighted by molar-refractivity contribution is 7.99. The Kier molecular flexibility index (Phi) is 4.50. The second-order valence-corrected chi connectivity index (χ2v) is 7.33. The largest absolute Gasteiger partial charge is 0.497 e. The Labute approximate surface area is 146 Å². The maximum atomic E-state index is 5.21. The fraction of sp³-hybridized carbons (Fsp3) is 0.300. The molecule has 3 aromatic rings. The number of fused-ring (bicyclic) bond motifs is 3. The van der Waals surface area contributed by atoms with Crippen molar-refractivity contribution in [2.75, 3.05) is 19.4 Å². The van der Waals surface area contributed by atoms with Crippen LogP contribution in [0.15, 0.2) is 53.6 Å². The van der Waals surface area contributed by atoms with Crippen LogP contribution in [0.3, 0.4) is 0 Å². The number of benzene rings is 2. The van der Waals surface area contributed by atoms with Crippen LogP contribution in [-0.2, 0) is 6.54 Å². The van der Waals surface area contributed by atoms with Crippen LogP contribution in [0.1, 0.15) is 23.5 Å². The Morgan fingerprint density at radius 1 is 1.17 bits per heavy atom. The van der Waals surface area contributed by atoms with E-state index in [-0.39, 0.29) is 0 Å². The molecule has 3 nitrogen and oxygen atoms in total. The molecule has 2 aromatic carbocycles. The second kappa shape index (κ2) is 6.91. The van der Waals surface area contributed by atoms with Crippen LogP contribution in [0.5, 0.6) is 5.75 Å². The number of nitrogens with one attached hydrogen (secondary N) is 2. The zero-order valence-corrected chi connectivity index (χ0v) is 14.7. The van der Waals surface area contributed by atoms with E-state index in [2.05, 4.69) is 46.7 Å². The van der Waals surface area contributed by atoms with E-state index in [1.165, 1.54) is 39.2 Å². The standard InChI is InChI=1S/C20H22N2OS/c1-23-16-8-6-14(7-9-16)12-21-13-15-10-11-24-20-19(15)17-4-2-3-5-18(17)22-20/h2-9,15,21-22H,10-13H2,1H3. The third kappa shape index (κ3) is 3.04. The molecule has 0 fully saturated rings. The first-order valence-corrected chi connectivity index (χ1v) is 9.41. The van der Waals surface area contributed by atoms with E-state index < -0.39 is 0 Å². The summed E-state index contributed by atoms with van der Waals surface area (Å²) in [6.07, 6.45) is 1.23. The SMILES string of the molecule is COc1ccc(CNCC2CCSc3[nH]c4ccccc4c32)cc1. The molecular weight excluding hydrogens is 316 g/mol. The van der Waals surface area contributed by atoms with Gasteiger partial charge in [0, 0.05) is 35.7 Å². The molecule has 24 heavy (non-hydrogen) atoms. The van der Waals surface area contributed by atoms with Crippen molar-refractivity contribution < 1.29 is 4.74 Å². The fourth-order valence-electron chi connectivity index (χ4n) is 3.44. The van der Waals surface area contributed by atoms with E-state index in [4.69, 9.17) is 4.74 Å². The Bertz CT molecular complexity index is 825. The van der Waals surface area contributed by atoms with E-state index in [9.17, 15) is 0 Å². The van der Waals surface area contributed by atoms with Crippen molar-refractivity contribution in [1.82, 2.24) is 10.3 Å². The fourth-order valence-corrected chi connectivity index (χ4v) is 4.66. The van der Waals surface area contributed by atoms with Crippen molar-refractivity contribution in [3.63, 3.8) is 0 Å². The molecule has 0 saturated carbocycles. The third-order valence-electron chi connectivity index (χ3n) is 4.71. The first kappa shape index (κ1) is 15.6. The van der Waals surface area contributed by atoms with Crippen LogP contribution < -0.4 is 10.1 Å². The van der Waals surface area contributed by atoms with Gasteiger partial charge in [-0.3, -0.25) is 0 Å². The zero-order chi connectivity index (χ0) is 16.4. The number of para-hydroxylation sites is 1. The average Bonchev–Trinajstić information content (AvgIpc) is 3.02. The maximum Gasteiger partial charge on any atom is 0.118 e. The molecule has 2 heterocycles.